The second-order valence-electron chi connectivity index (χ2n) is 5.88. The van der Waals surface area contributed by atoms with Crippen LogP contribution < -0.4 is 10.6 Å². The molecule has 0 fully saturated rings. The van der Waals surface area contributed by atoms with E-state index < -0.39 is 0 Å². The van der Waals surface area contributed by atoms with Crippen LogP contribution in [0.2, 0.25) is 5.02 Å². The number of anilines is 1. The summed E-state index contributed by atoms with van der Waals surface area (Å²) in [4.78, 5) is 3.97. The van der Waals surface area contributed by atoms with Crippen molar-refractivity contribution in [2.45, 2.75) is 38.8 Å². The third-order valence-corrected chi connectivity index (χ3v) is 5.54. The number of rotatable bonds is 3. The van der Waals surface area contributed by atoms with E-state index in [4.69, 9.17) is 17.3 Å². The third kappa shape index (κ3) is 2.96. The Labute approximate surface area is 135 Å². The van der Waals surface area contributed by atoms with Crippen LogP contribution in [0.25, 0.3) is 0 Å². The number of benzene rings is 1. The highest BCUT2D eigenvalue weighted by molar-refractivity contribution is 7.10. The number of hydrogen-bond acceptors (Lipinski definition) is 3. The molecular weight excluding hydrogens is 300 g/mol. The van der Waals surface area contributed by atoms with E-state index in [-0.39, 0.29) is 6.04 Å². The van der Waals surface area contributed by atoms with Gasteiger partial charge < -0.3 is 10.6 Å². The summed E-state index contributed by atoms with van der Waals surface area (Å²) in [6.45, 7) is 5.33. The van der Waals surface area contributed by atoms with Gasteiger partial charge in [-0.25, -0.2) is 0 Å². The van der Waals surface area contributed by atoms with Crippen LogP contribution in [-0.2, 0) is 12.8 Å². The second-order valence-corrected chi connectivity index (χ2v) is 7.28. The average molecular weight is 321 g/mol. The lowest BCUT2D eigenvalue weighted by Crippen LogP contribution is -2.33. The fourth-order valence-electron chi connectivity index (χ4n) is 3.09. The zero-order valence-corrected chi connectivity index (χ0v) is 14.0. The van der Waals surface area contributed by atoms with Crippen molar-refractivity contribution < 1.29 is 0 Å². The molecule has 1 aromatic carbocycles. The molecule has 1 aliphatic heterocycles. The van der Waals surface area contributed by atoms with Gasteiger partial charge in [0, 0.05) is 28.2 Å². The van der Waals surface area contributed by atoms with Crippen molar-refractivity contribution in [2.75, 3.05) is 11.4 Å². The van der Waals surface area contributed by atoms with Gasteiger partial charge in [0.15, 0.2) is 0 Å². The molecule has 2 atom stereocenters. The van der Waals surface area contributed by atoms with E-state index in [1.165, 1.54) is 16.1 Å². The van der Waals surface area contributed by atoms with Gasteiger partial charge in [0.25, 0.3) is 0 Å². The maximum atomic E-state index is 6.44. The number of fused-ring (bicyclic) bond motifs is 1. The van der Waals surface area contributed by atoms with Crippen LogP contribution in [0.15, 0.2) is 29.6 Å². The Hall–Kier alpha value is -1.03. The normalized spacial score (nSPS) is 19.4. The van der Waals surface area contributed by atoms with Crippen molar-refractivity contribution in [1.29, 1.82) is 0 Å². The van der Waals surface area contributed by atoms with Crippen molar-refractivity contribution in [3.8, 4) is 0 Å². The van der Waals surface area contributed by atoms with Gasteiger partial charge in [-0.2, -0.15) is 0 Å². The van der Waals surface area contributed by atoms with E-state index in [0.717, 1.165) is 30.0 Å². The van der Waals surface area contributed by atoms with Gasteiger partial charge in [-0.05, 0) is 61.4 Å². The van der Waals surface area contributed by atoms with E-state index in [9.17, 15) is 0 Å². The first kappa shape index (κ1) is 14.9. The fourth-order valence-corrected chi connectivity index (χ4v) is 4.30. The van der Waals surface area contributed by atoms with Crippen LogP contribution in [0.3, 0.4) is 0 Å². The van der Waals surface area contributed by atoms with Crippen LogP contribution in [0.5, 0.6) is 0 Å². The summed E-state index contributed by atoms with van der Waals surface area (Å²) < 4.78 is 0. The quantitative estimate of drug-likeness (QED) is 0.907. The monoisotopic (exact) mass is 320 g/mol. The maximum Gasteiger partial charge on any atom is 0.0525 e. The van der Waals surface area contributed by atoms with Crippen LogP contribution in [-0.4, -0.2) is 12.6 Å². The lowest BCUT2D eigenvalue weighted by Gasteiger charge is -2.35. The SMILES string of the molecule is CC(N)Cc1ccc(N2CCc3sccc3C2C)cc1Cl. The first-order valence-electron chi connectivity index (χ1n) is 7.43. The van der Waals surface area contributed by atoms with E-state index in [2.05, 4.69) is 41.5 Å². The molecule has 0 aliphatic carbocycles. The minimum atomic E-state index is 0.135. The van der Waals surface area contributed by atoms with Gasteiger partial charge in [0.2, 0.25) is 0 Å². The molecule has 0 radical (unpaired) electrons. The van der Waals surface area contributed by atoms with Crippen LogP contribution >= 0.6 is 22.9 Å². The Kier molecular flexibility index (Phi) is 4.25. The highest BCUT2D eigenvalue weighted by Crippen LogP contribution is 2.37. The summed E-state index contributed by atoms with van der Waals surface area (Å²) >= 11 is 8.31. The average Bonchev–Trinajstić information content (AvgIpc) is 2.90. The molecule has 2 N–H and O–H groups in total. The van der Waals surface area contributed by atoms with Crippen molar-refractivity contribution in [2.24, 2.45) is 5.73 Å². The van der Waals surface area contributed by atoms with E-state index >= 15 is 0 Å². The number of halogens is 1. The third-order valence-electron chi connectivity index (χ3n) is 4.19. The smallest absolute Gasteiger partial charge is 0.0525 e. The first-order chi connectivity index (χ1) is 10.1. The molecule has 0 amide bonds. The molecule has 2 unspecified atom stereocenters. The van der Waals surface area contributed by atoms with E-state index in [0.29, 0.717) is 6.04 Å². The van der Waals surface area contributed by atoms with Crippen molar-refractivity contribution in [1.82, 2.24) is 0 Å². The van der Waals surface area contributed by atoms with Gasteiger partial charge in [-0.1, -0.05) is 17.7 Å². The lowest BCUT2D eigenvalue weighted by molar-refractivity contribution is 0.632. The van der Waals surface area contributed by atoms with E-state index in [1.807, 2.05) is 18.3 Å². The molecular formula is C17H21ClN2S. The number of nitrogens with zero attached hydrogens (tertiary/aromatic N) is 1. The molecule has 4 heteroatoms. The van der Waals surface area contributed by atoms with Gasteiger partial charge in [-0.15, -0.1) is 11.3 Å². The zero-order chi connectivity index (χ0) is 15.0. The van der Waals surface area contributed by atoms with Gasteiger partial charge in [0.1, 0.15) is 0 Å². The van der Waals surface area contributed by atoms with E-state index in [1.54, 1.807) is 0 Å². The molecule has 1 aliphatic rings. The molecule has 2 heterocycles. The summed E-state index contributed by atoms with van der Waals surface area (Å²) in [6, 6.07) is 9.19. The largest absolute Gasteiger partial charge is 0.364 e. The second kappa shape index (κ2) is 5.99. The summed E-state index contributed by atoms with van der Waals surface area (Å²) in [5.74, 6) is 0. The Bertz CT molecular complexity index is 635. The zero-order valence-electron chi connectivity index (χ0n) is 12.5. The Morgan fingerprint density at radius 3 is 2.95 bits per heavy atom. The molecule has 0 saturated carbocycles. The predicted octanol–water partition coefficient (Wildman–Crippen LogP) is 4.41. The highest BCUT2D eigenvalue weighted by atomic mass is 35.5. The van der Waals surface area contributed by atoms with Crippen LogP contribution in [0.4, 0.5) is 5.69 Å². The summed E-state index contributed by atoms with van der Waals surface area (Å²) in [6.07, 6.45) is 1.94. The van der Waals surface area contributed by atoms with Crippen molar-refractivity contribution >= 4 is 28.6 Å². The lowest BCUT2D eigenvalue weighted by atomic mass is 10.00. The molecule has 1 aromatic heterocycles. The highest BCUT2D eigenvalue weighted by Gasteiger charge is 2.25. The standard InChI is InChI=1S/C17H21ClN2S/c1-11(19)9-13-3-4-14(10-16(13)18)20-7-5-17-15(12(20)2)6-8-21-17/h3-4,6,8,10-12H,5,7,9,19H2,1-2H3. The van der Waals surface area contributed by atoms with Crippen molar-refractivity contribution in [3.05, 3.63) is 50.7 Å². The number of nitrogens with two attached hydrogens (primary N) is 1. The van der Waals surface area contributed by atoms with Crippen LogP contribution in [0.1, 0.15) is 35.9 Å². The maximum absolute atomic E-state index is 6.44. The van der Waals surface area contributed by atoms with Crippen LogP contribution in [0, 0.1) is 0 Å². The first-order valence-corrected chi connectivity index (χ1v) is 8.69. The summed E-state index contributed by atoms with van der Waals surface area (Å²) in [7, 11) is 0. The summed E-state index contributed by atoms with van der Waals surface area (Å²) in [5.41, 5.74) is 9.67. The van der Waals surface area contributed by atoms with Gasteiger partial charge in [-0.3, -0.25) is 0 Å². The Morgan fingerprint density at radius 2 is 2.24 bits per heavy atom. The Balaban J connectivity index is 1.86. The molecule has 0 bridgehead atoms. The fraction of sp³-hybridized carbons (Fsp3) is 0.412. The van der Waals surface area contributed by atoms with Crippen molar-refractivity contribution in [3.63, 3.8) is 0 Å². The number of hydrogen-bond donors (Lipinski definition) is 1. The molecule has 2 aromatic rings. The summed E-state index contributed by atoms with van der Waals surface area (Å²) in [5, 5.41) is 3.02. The predicted molar refractivity (Wildman–Crippen MR) is 92.6 cm³/mol. The molecule has 3 rings (SSSR count). The molecule has 0 saturated heterocycles. The molecule has 112 valence electrons. The number of thiophene rings is 1. The molecule has 0 spiro atoms. The van der Waals surface area contributed by atoms with Gasteiger partial charge >= 0.3 is 0 Å². The Morgan fingerprint density at radius 1 is 1.43 bits per heavy atom. The van der Waals surface area contributed by atoms with Gasteiger partial charge in [0.05, 0.1) is 6.04 Å². The molecule has 2 nitrogen and oxygen atoms in total. The topological polar surface area (TPSA) is 29.3 Å². The minimum Gasteiger partial charge on any atom is -0.364 e. The minimum absolute atomic E-state index is 0.135. The molecule has 21 heavy (non-hydrogen) atoms.